The van der Waals surface area contributed by atoms with Gasteiger partial charge in [0, 0.05) is 35.5 Å². The predicted molar refractivity (Wildman–Crippen MR) is 94.4 cm³/mol. The molecule has 5 aromatic rings. The van der Waals surface area contributed by atoms with E-state index in [9.17, 15) is 0 Å². The normalized spacial score (nSPS) is 12.8. The number of benzene rings is 2. The van der Waals surface area contributed by atoms with E-state index >= 15 is 0 Å². The molecule has 4 heteroatoms. The Bertz CT molecular complexity index is 1270. The van der Waals surface area contributed by atoms with Crippen molar-refractivity contribution in [3.8, 4) is 0 Å². The molecule has 0 radical (unpaired) electrons. The Balaban J connectivity index is 1.85. The lowest BCUT2D eigenvalue weighted by Crippen LogP contribution is -2.25. The van der Waals surface area contributed by atoms with Crippen molar-refractivity contribution in [3.63, 3.8) is 0 Å². The summed E-state index contributed by atoms with van der Waals surface area (Å²) in [5.41, 5.74) is 2.89. The standard InChI is InChI=1S/C20H16N3O/c1-22-10-9-15-18(12-22)24-19(21-15)11-17-14-7-3-5-13-6-4-8-16(20(13)14)23(17)2/h3-12H,1-2H3/q+1. The van der Waals surface area contributed by atoms with Crippen LogP contribution in [0.4, 0.5) is 0 Å². The van der Waals surface area contributed by atoms with Gasteiger partial charge in [-0.2, -0.15) is 0 Å². The van der Waals surface area contributed by atoms with Crippen LogP contribution in [0.15, 0.2) is 59.3 Å². The molecule has 0 aliphatic heterocycles. The van der Waals surface area contributed by atoms with Crippen molar-refractivity contribution in [3.05, 3.63) is 66.1 Å². The molecule has 0 saturated carbocycles. The molecule has 3 heterocycles. The number of fused-ring (bicyclic) bond motifs is 1. The Kier molecular flexibility index (Phi) is 2.59. The smallest absolute Gasteiger partial charge is 0.222 e. The van der Waals surface area contributed by atoms with E-state index in [2.05, 4.69) is 53.0 Å². The molecule has 0 unspecified atom stereocenters. The van der Waals surface area contributed by atoms with E-state index < -0.39 is 0 Å². The Morgan fingerprint density at radius 1 is 1.12 bits per heavy atom. The van der Waals surface area contributed by atoms with Crippen molar-refractivity contribution in [1.29, 1.82) is 0 Å². The molecular formula is C20H16N3O+. The molecule has 0 bridgehead atoms. The minimum atomic E-state index is 0.628. The molecule has 116 valence electrons. The monoisotopic (exact) mass is 314 g/mol. The van der Waals surface area contributed by atoms with Gasteiger partial charge >= 0.3 is 0 Å². The number of aromatic nitrogens is 3. The molecule has 0 atom stereocenters. The second kappa shape index (κ2) is 4.68. The van der Waals surface area contributed by atoms with Crippen molar-refractivity contribution in [2.45, 2.75) is 0 Å². The predicted octanol–water partition coefficient (Wildman–Crippen LogP) is 2.84. The summed E-state index contributed by atoms with van der Waals surface area (Å²) < 4.78 is 10.1. The number of hydrogen-bond donors (Lipinski definition) is 0. The van der Waals surface area contributed by atoms with Gasteiger partial charge in [0.05, 0.1) is 5.35 Å². The third kappa shape index (κ3) is 1.80. The quantitative estimate of drug-likeness (QED) is 0.446. The molecule has 0 N–H and O–H groups in total. The van der Waals surface area contributed by atoms with Gasteiger partial charge in [0.2, 0.25) is 17.7 Å². The van der Waals surface area contributed by atoms with Crippen LogP contribution in [0.1, 0.15) is 5.89 Å². The van der Waals surface area contributed by atoms with Crippen molar-refractivity contribution in [2.24, 2.45) is 14.1 Å². The van der Waals surface area contributed by atoms with Crippen molar-refractivity contribution in [1.82, 2.24) is 9.55 Å². The largest absolute Gasteiger partial charge is 0.430 e. The third-order valence-corrected chi connectivity index (χ3v) is 4.63. The number of pyridine rings is 1. The summed E-state index contributed by atoms with van der Waals surface area (Å²) in [5.74, 6) is 0.628. The van der Waals surface area contributed by atoms with Crippen LogP contribution in [-0.4, -0.2) is 9.55 Å². The zero-order valence-electron chi connectivity index (χ0n) is 13.5. The van der Waals surface area contributed by atoms with E-state index in [4.69, 9.17) is 4.42 Å². The molecule has 0 fully saturated rings. The Morgan fingerprint density at radius 3 is 2.83 bits per heavy atom. The Morgan fingerprint density at radius 2 is 1.96 bits per heavy atom. The first-order valence-electron chi connectivity index (χ1n) is 7.94. The fraction of sp³-hybridized carbons (Fsp3) is 0.100. The maximum Gasteiger partial charge on any atom is 0.222 e. The van der Waals surface area contributed by atoms with E-state index in [1.54, 1.807) is 0 Å². The number of aryl methyl sites for hydroxylation is 2. The molecule has 0 saturated heterocycles. The maximum atomic E-state index is 5.92. The SMILES string of the molecule is Cn1/c(=C\c2nc3cc[n+](C)cc3o2)c2cccc3cccc1c32. The summed E-state index contributed by atoms with van der Waals surface area (Å²) in [4.78, 5) is 4.60. The van der Waals surface area contributed by atoms with Crippen LogP contribution in [0.3, 0.4) is 0 Å². The molecule has 3 aromatic heterocycles. The average molecular weight is 314 g/mol. The number of hydrogen-bond acceptors (Lipinski definition) is 2. The zero-order valence-corrected chi connectivity index (χ0v) is 13.5. The van der Waals surface area contributed by atoms with Crippen molar-refractivity contribution in [2.75, 3.05) is 0 Å². The number of nitrogens with zero attached hydrogens (tertiary/aromatic N) is 3. The number of oxazole rings is 1. The van der Waals surface area contributed by atoms with Crippen molar-refractivity contribution < 1.29 is 8.98 Å². The van der Waals surface area contributed by atoms with Gasteiger partial charge in [-0.15, -0.1) is 0 Å². The van der Waals surface area contributed by atoms with Gasteiger partial charge in [-0.1, -0.05) is 30.3 Å². The molecule has 0 aliphatic rings. The van der Waals surface area contributed by atoms with Gasteiger partial charge in [-0.25, -0.2) is 9.55 Å². The summed E-state index contributed by atoms with van der Waals surface area (Å²) in [7, 11) is 4.06. The van der Waals surface area contributed by atoms with Crippen LogP contribution < -0.4 is 9.92 Å². The first-order chi connectivity index (χ1) is 11.7. The molecule has 0 amide bonds. The van der Waals surface area contributed by atoms with Crippen LogP contribution in [0, 0.1) is 0 Å². The van der Waals surface area contributed by atoms with Gasteiger partial charge in [0.1, 0.15) is 12.6 Å². The lowest BCUT2D eigenvalue weighted by atomic mass is 10.1. The highest BCUT2D eigenvalue weighted by Crippen LogP contribution is 2.25. The summed E-state index contributed by atoms with van der Waals surface area (Å²) in [6.07, 6.45) is 5.94. The zero-order chi connectivity index (χ0) is 16.3. The van der Waals surface area contributed by atoms with Crippen LogP contribution in [0.2, 0.25) is 0 Å². The second-order valence-electron chi connectivity index (χ2n) is 6.18. The lowest BCUT2D eigenvalue weighted by molar-refractivity contribution is -0.670. The number of rotatable bonds is 1. The fourth-order valence-electron chi connectivity index (χ4n) is 3.47. The van der Waals surface area contributed by atoms with Gasteiger partial charge in [-0.05, 0) is 11.5 Å². The molecule has 4 nitrogen and oxygen atoms in total. The molecule has 24 heavy (non-hydrogen) atoms. The lowest BCUT2D eigenvalue weighted by Gasteiger charge is -1.97. The minimum absolute atomic E-state index is 0.628. The maximum absolute atomic E-state index is 5.92. The third-order valence-electron chi connectivity index (χ3n) is 4.63. The first kappa shape index (κ1) is 13.3. The van der Waals surface area contributed by atoms with E-state index in [1.165, 1.54) is 21.7 Å². The molecule has 2 aromatic carbocycles. The van der Waals surface area contributed by atoms with E-state index in [0.29, 0.717) is 5.89 Å². The van der Waals surface area contributed by atoms with Gasteiger partial charge < -0.3 is 8.98 Å². The minimum Gasteiger partial charge on any atom is -0.430 e. The molecule has 5 rings (SSSR count). The first-order valence-corrected chi connectivity index (χ1v) is 7.94. The van der Waals surface area contributed by atoms with E-state index in [0.717, 1.165) is 16.4 Å². The van der Waals surface area contributed by atoms with Gasteiger partial charge in [-0.3, -0.25) is 0 Å². The topological polar surface area (TPSA) is 34.8 Å². The van der Waals surface area contributed by atoms with Gasteiger partial charge in [0.15, 0.2) is 6.20 Å². The van der Waals surface area contributed by atoms with E-state index in [-0.39, 0.29) is 0 Å². The molecule has 0 aliphatic carbocycles. The van der Waals surface area contributed by atoms with Crippen LogP contribution >= 0.6 is 0 Å². The van der Waals surface area contributed by atoms with Crippen LogP contribution in [0.5, 0.6) is 0 Å². The highest BCUT2D eigenvalue weighted by atomic mass is 16.3. The Hall–Kier alpha value is -3.14. The van der Waals surface area contributed by atoms with E-state index in [1.807, 2.05) is 36.2 Å². The highest BCUT2D eigenvalue weighted by molar-refractivity contribution is 6.10. The summed E-state index contributed by atoms with van der Waals surface area (Å²) in [6, 6.07) is 14.8. The Labute approximate surface area is 138 Å². The highest BCUT2D eigenvalue weighted by Gasteiger charge is 2.11. The average Bonchev–Trinajstić information content (AvgIpc) is 3.10. The fourth-order valence-corrected chi connectivity index (χ4v) is 3.47. The summed E-state index contributed by atoms with van der Waals surface area (Å²) in [6.45, 7) is 0. The van der Waals surface area contributed by atoms with Crippen LogP contribution in [-0.2, 0) is 14.1 Å². The molecular weight excluding hydrogens is 298 g/mol. The van der Waals surface area contributed by atoms with Crippen LogP contribution in [0.25, 0.3) is 38.9 Å². The summed E-state index contributed by atoms with van der Waals surface area (Å²) in [5, 5.41) is 4.87. The second-order valence-corrected chi connectivity index (χ2v) is 6.18. The van der Waals surface area contributed by atoms with Gasteiger partial charge in [0.25, 0.3) is 0 Å². The summed E-state index contributed by atoms with van der Waals surface area (Å²) >= 11 is 0. The van der Waals surface area contributed by atoms with Crippen molar-refractivity contribution >= 4 is 38.9 Å². The molecule has 0 spiro atoms.